The Morgan fingerprint density at radius 3 is 2.48 bits per heavy atom. The number of amides is 2. The van der Waals surface area contributed by atoms with E-state index in [1.54, 1.807) is 0 Å². The number of carbonyl (C=O) groups is 1. The number of benzene rings is 2. The summed E-state index contributed by atoms with van der Waals surface area (Å²) in [5.74, 6) is 0. The van der Waals surface area contributed by atoms with Gasteiger partial charge in [-0.1, -0.05) is 44.2 Å². The van der Waals surface area contributed by atoms with Gasteiger partial charge in [0, 0.05) is 31.6 Å². The average molecular weight is 335 g/mol. The van der Waals surface area contributed by atoms with Crippen LogP contribution in [0.15, 0.2) is 42.5 Å². The van der Waals surface area contributed by atoms with Gasteiger partial charge in [0.2, 0.25) is 0 Å². The maximum atomic E-state index is 11.9. The Labute approximate surface area is 148 Å². The van der Waals surface area contributed by atoms with Crippen molar-refractivity contribution in [2.24, 2.45) is 0 Å². The van der Waals surface area contributed by atoms with Crippen molar-refractivity contribution in [3.63, 3.8) is 0 Å². The molecular weight excluding hydrogens is 312 g/mol. The molecule has 2 amide bonds. The predicted octanol–water partition coefficient (Wildman–Crippen LogP) is 3.20. The first kappa shape index (κ1) is 16.0. The van der Waals surface area contributed by atoms with E-state index in [4.69, 9.17) is 0 Å². The van der Waals surface area contributed by atoms with Gasteiger partial charge in [-0.3, -0.25) is 0 Å². The Balaban J connectivity index is 1.81. The second-order valence-corrected chi connectivity index (χ2v) is 7.16. The molecule has 2 aromatic carbocycles. The minimum absolute atomic E-state index is 0.160. The van der Waals surface area contributed by atoms with Gasteiger partial charge < -0.3 is 15.5 Å². The predicted molar refractivity (Wildman–Crippen MR) is 101 cm³/mol. The number of hydrogen-bond donors (Lipinski definition) is 2. The van der Waals surface area contributed by atoms with Gasteiger partial charge in [0.25, 0.3) is 0 Å². The van der Waals surface area contributed by atoms with Crippen LogP contribution in [-0.2, 0) is 5.41 Å². The normalized spacial score (nSPS) is 17.0. The van der Waals surface area contributed by atoms with Crippen LogP contribution < -0.4 is 20.9 Å². The van der Waals surface area contributed by atoms with Crippen LogP contribution in [0.5, 0.6) is 0 Å². The van der Waals surface area contributed by atoms with Crippen LogP contribution >= 0.6 is 0 Å². The van der Waals surface area contributed by atoms with E-state index in [9.17, 15) is 4.79 Å². The quantitative estimate of drug-likeness (QED) is 0.905. The third kappa shape index (κ3) is 2.85. The highest BCUT2D eigenvalue weighted by Gasteiger charge is 2.31. The lowest BCUT2D eigenvalue weighted by Gasteiger charge is -2.33. The number of fused-ring (bicyclic) bond motifs is 1. The minimum Gasteiger partial charge on any atom is -0.367 e. The lowest BCUT2D eigenvalue weighted by atomic mass is 9.77. The first-order chi connectivity index (χ1) is 12.1. The van der Waals surface area contributed by atoms with Crippen LogP contribution in [0.1, 0.15) is 25.0 Å². The zero-order valence-corrected chi connectivity index (χ0v) is 14.7. The van der Waals surface area contributed by atoms with Crippen LogP contribution in [0.3, 0.4) is 0 Å². The van der Waals surface area contributed by atoms with Crippen molar-refractivity contribution < 1.29 is 4.79 Å². The number of nitrogens with zero attached hydrogens (tertiary/aromatic N) is 2. The van der Waals surface area contributed by atoms with Crippen molar-refractivity contribution >= 4 is 23.1 Å². The van der Waals surface area contributed by atoms with Crippen LogP contribution in [0, 0.1) is 0 Å². The Bertz CT molecular complexity index is 795. The lowest BCUT2D eigenvalue weighted by molar-refractivity contribution is 0.256. The molecular formula is C20H23N4O. The maximum Gasteiger partial charge on any atom is 0.346 e. The highest BCUT2D eigenvalue weighted by atomic mass is 16.2. The fraction of sp³-hybridized carbons (Fsp3) is 0.350. The molecule has 5 nitrogen and oxygen atoms in total. The van der Waals surface area contributed by atoms with Gasteiger partial charge in [0.15, 0.2) is 0 Å². The third-order valence-electron chi connectivity index (χ3n) is 5.22. The molecule has 0 unspecified atom stereocenters. The summed E-state index contributed by atoms with van der Waals surface area (Å²) < 4.78 is 0. The van der Waals surface area contributed by atoms with E-state index in [0.717, 1.165) is 43.2 Å². The number of anilines is 2. The number of nitrogens with one attached hydrogen (secondary N) is 2. The molecule has 0 aliphatic carbocycles. The fourth-order valence-electron chi connectivity index (χ4n) is 3.61. The highest BCUT2D eigenvalue weighted by molar-refractivity contribution is 6.06. The van der Waals surface area contributed by atoms with Crippen molar-refractivity contribution in [3.05, 3.63) is 53.6 Å². The van der Waals surface area contributed by atoms with Gasteiger partial charge in [0.05, 0.1) is 11.4 Å². The van der Waals surface area contributed by atoms with E-state index >= 15 is 0 Å². The summed E-state index contributed by atoms with van der Waals surface area (Å²) in [6, 6.07) is 14.5. The smallest absolute Gasteiger partial charge is 0.346 e. The number of carbonyl (C=O) groups excluding carboxylic acids is 1. The van der Waals surface area contributed by atoms with Gasteiger partial charge >= 0.3 is 6.03 Å². The molecule has 2 N–H and O–H groups in total. The van der Waals surface area contributed by atoms with Crippen LogP contribution in [-0.4, -0.2) is 32.2 Å². The van der Waals surface area contributed by atoms with Crippen molar-refractivity contribution in [1.82, 2.24) is 10.6 Å². The number of rotatable bonds is 3. The van der Waals surface area contributed by atoms with E-state index < -0.39 is 0 Å². The van der Waals surface area contributed by atoms with E-state index in [2.05, 4.69) is 71.1 Å². The van der Waals surface area contributed by atoms with Crippen molar-refractivity contribution in [2.75, 3.05) is 36.4 Å². The summed E-state index contributed by atoms with van der Waals surface area (Å²) in [6.45, 7) is 8.18. The van der Waals surface area contributed by atoms with E-state index in [1.807, 2.05) is 6.07 Å². The molecule has 25 heavy (non-hydrogen) atoms. The molecule has 0 aromatic heterocycles. The van der Waals surface area contributed by atoms with E-state index in [0.29, 0.717) is 0 Å². The number of piperazine rings is 1. The largest absolute Gasteiger partial charge is 0.367 e. The Morgan fingerprint density at radius 2 is 1.76 bits per heavy atom. The first-order valence-electron chi connectivity index (χ1n) is 8.78. The standard InChI is InChI=1S/C20H23N4O/c1-20(2,14-6-4-3-5-7-14)15-12-16-18(23-19(25)22-16)17(13-15)24-10-8-21-9-11-24/h3-7,12-13,21H,8-11H2,1-2H3,(H,22,25). The summed E-state index contributed by atoms with van der Waals surface area (Å²) in [7, 11) is 0. The summed E-state index contributed by atoms with van der Waals surface area (Å²) in [4.78, 5) is 14.2. The molecule has 5 heteroatoms. The second-order valence-electron chi connectivity index (χ2n) is 7.16. The fourth-order valence-corrected chi connectivity index (χ4v) is 3.61. The molecule has 2 aliphatic rings. The molecule has 0 bridgehead atoms. The van der Waals surface area contributed by atoms with Crippen molar-refractivity contribution in [3.8, 4) is 0 Å². The van der Waals surface area contributed by atoms with Gasteiger partial charge in [-0.05, 0) is 23.3 Å². The Hall–Kier alpha value is -2.53. The lowest BCUT2D eigenvalue weighted by Crippen LogP contribution is -2.43. The summed E-state index contributed by atoms with van der Waals surface area (Å²) in [6.07, 6.45) is 0. The molecule has 0 saturated carbocycles. The molecule has 4 rings (SSSR count). The summed E-state index contributed by atoms with van der Waals surface area (Å²) in [5.41, 5.74) is 4.92. The van der Waals surface area contributed by atoms with Crippen molar-refractivity contribution in [1.29, 1.82) is 0 Å². The molecule has 0 atom stereocenters. The van der Waals surface area contributed by atoms with E-state index in [1.165, 1.54) is 11.1 Å². The van der Waals surface area contributed by atoms with E-state index in [-0.39, 0.29) is 11.4 Å². The number of hydrogen-bond acceptors (Lipinski definition) is 3. The maximum absolute atomic E-state index is 11.9. The number of urea groups is 1. The molecule has 2 aromatic rings. The van der Waals surface area contributed by atoms with Crippen LogP contribution in [0.25, 0.3) is 0 Å². The van der Waals surface area contributed by atoms with Gasteiger partial charge in [0.1, 0.15) is 5.69 Å². The van der Waals surface area contributed by atoms with Crippen LogP contribution in [0.4, 0.5) is 21.9 Å². The topological polar surface area (TPSA) is 58.5 Å². The molecule has 2 heterocycles. The third-order valence-corrected chi connectivity index (χ3v) is 5.22. The van der Waals surface area contributed by atoms with Gasteiger partial charge in [-0.15, -0.1) is 0 Å². The second kappa shape index (κ2) is 6.08. The monoisotopic (exact) mass is 335 g/mol. The molecule has 0 spiro atoms. The SMILES string of the molecule is CC(C)(c1ccccc1)c1cc2c(c(N3CCNCC3)c1)[N]C(=O)N2. The van der Waals surface area contributed by atoms with Gasteiger partial charge in [-0.2, -0.15) is 5.32 Å². The highest BCUT2D eigenvalue weighted by Crippen LogP contribution is 2.43. The first-order valence-corrected chi connectivity index (χ1v) is 8.78. The average Bonchev–Trinajstić information content (AvgIpc) is 3.02. The molecule has 129 valence electrons. The summed E-state index contributed by atoms with van der Waals surface area (Å²) >= 11 is 0. The van der Waals surface area contributed by atoms with Crippen molar-refractivity contribution in [2.45, 2.75) is 19.3 Å². The van der Waals surface area contributed by atoms with Gasteiger partial charge in [-0.25, -0.2) is 4.79 Å². The Morgan fingerprint density at radius 1 is 1.04 bits per heavy atom. The molecule has 1 saturated heterocycles. The molecule has 1 radical (unpaired) electrons. The zero-order chi connectivity index (χ0) is 17.4. The summed E-state index contributed by atoms with van der Waals surface area (Å²) in [5, 5.41) is 10.5. The zero-order valence-electron chi connectivity index (χ0n) is 14.7. The minimum atomic E-state index is -0.277. The molecule has 1 fully saturated rings. The Kier molecular flexibility index (Phi) is 3.88. The molecule has 2 aliphatic heterocycles. The van der Waals surface area contributed by atoms with Crippen LogP contribution in [0.2, 0.25) is 0 Å².